The van der Waals surface area contributed by atoms with Crippen LogP contribution in [0, 0.1) is 5.82 Å². The zero-order valence-electron chi connectivity index (χ0n) is 21.1. The largest absolute Gasteiger partial charge is 0.486 e. The normalized spacial score (nSPS) is 16.9. The zero-order chi connectivity index (χ0) is 25.8. The third-order valence-electron chi connectivity index (χ3n) is 6.66. The van der Waals surface area contributed by atoms with Gasteiger partial charge in [-0.05, 0) is 55.7 Å². The molecule has 0 bridgehead atoms. The van der Waals surface area contributed by atoms with Crippen LogP contribution in [0.3, 0.4) is 0 Å². The van der Waals surface area contributed by atoms with Crippen LogP contribution in [-0.4, -0.2) is 67.0 Å². The molecular formula is C27H33ClFN3O4. The van der Waals surface area contributed by atoms with Crippen LogP contribution in [0.4, 0.5) is 10.1 Å². The standard InChI is InChI=1S/C27H33ClFN3O4/c1-18(2)30-7-4-8-32(19(3)33)24-16-22(29)6-5-21(24)17-31(10-9-30)26(34)15-20-13-23(28)27-25(14-20)35-11-12-36-27/h5-6,13-14,16,18H,4,7-12,15,17H2,1-3H3. The van der Waals surface area contributed by atoms with Crippen LogP contribution in [0.25, 0.3) is 0 Å². The second-order valence-electron chi connectivity index (χ2n) is 9.52. The monoisotopic (exact) mass is 517 g/mol. The fraction of sp³-hybridized carbons (Fsp3) is 0.481. The minimum atomic E-state index is -0.414. The molecule has 0 aromatic heterocycles. The van der Waals surface area contributed by atoms with Gasteiger partial charge in [-0.1, -0.05) is 17.7 Å². The van der Waals surface area contributed by atoms with Crippen LogP contribution in [0.5, 0.6) is 11.5 Å². The van der Waals surface area contributed by atoms with Gasteiger partial charge < -0.3 is 19.3 Å². The van der Waals surface area contributed by atoms with Crippen LogP contribution < -0.4 is 14.4 Å². The van der Waals surface area contributed by atoms with E-state index in [1.807, 2.05) is 0 Å². The van der Waals surface area contributed by atoms with Gasteiger partial charge in [-0.2, -0.15) is 0 Å². The van der Waals surface area contributed by atoms with Crippen LogP contribution in [0.15, 0.2) is 30.3 Å². The Morgan fingerprint density at radius 2 is 1.83 bits per heavy atom. The predicted octanol–water partition coefficient (Wildman–Crippen LogP) is 4.29. The molecule has 0 unspecified atom stereocenters. The van der Waals surface area contributed by atoms with Gasteiger partial charge in [0, 0.05) is 45.7 Å². The highest BCUT2D eigenvalue weighted by molar-refractivity contribution is 6.32. The Balaban J connectivity index is 1.65. The first-order valence-corrected chi connectivity index (χ1v) is 12.8. The molecule has 4 rings (SSSR count). The SMILES string of the molecule is CC(=O)N1CCCN(C(C)C)CCN(C(=O)Cc2cc(Cl)c3c(c2)OCCO3)Cc2ccc(F)cc21. The first-order chi connectivity index (χ1) is 17.2. The van der Waals surface area contributed by atoms with Crippen LogP contribution in [-0.2, 0) is 22.6 Å². The molecule has 0 spiro atoms. The molecule has 36 heavy (non-hydrogen) atoms. The van der Waals surface area contributed by atoms with Crippen molar-refractivity contribution >= 4 is 29.1 Å². The fourth-order valence-corrected chi connectivity index (χ4v) is 5.02. The van der Waals surface area contributed by atoms with Gasteiger partial charge >= 0.3 is 0 Å². The van der Waals surface area contributed by atoms with Gasteiger partial charge in [-0.25, -0.2) is 4.39 Å². The summed E-state index contributed by atoms with van der Waals surface area (Å²) in [4.78, 5) is 31.8. The molecule has 2 aromatic carbocycles. The highest BCUT2D eigenvalue weighted by atomic mass is 35.5. The Hall–Kier alpha value is -2.84. The summed E-state index contributed by atoms with van der Waals surface area (Å²) in [5, 5.41) is 0.413. The summed E-state index contributed by atoms with van der Waals surface area (Å²) in [5.74, 6) is 0.388. The van der Waals surface area contributed by atoms with E-state index in [2.05, 4.69) is 18.7 Å². The average molecular weight is 518 g/mol. The van der Waals surface area contributed by atoms with E-state index in [-0.39, 0.29) is 30.8 Å². The zero-order valence-corrected chi connectivity index (χ0v) is 21.8. The van der Waals surface area contributed by atoms with Crippen molar-refractivity contribution in [1.82, 2.24) is 9.80 Å². The van der Waals surface area contributed by atoms with E-state index in [4.69, 9.17) is 21.1 Å². The third-order valence-corrected chi connectivity index (χ3v) is 6.94. The van der Waals surface area contributed by atoms with E-state index in [1.54, 1.807) is 28.0 Å². The van der Waals surface area contributed by atoms with Crippen molar-refractivity contribution in [3.05, 3.63) is 52.3 Å². The summed E-state index contributed by atoms with van der Waals surface area (Å²) in [6.45, 7) is 9.32. The van der Waals surface area contributed by atoms with Crippen molar-refractivity contribution < 1.29 is 23.5 Å². The van der Waals surface area contributed by atoms with E-state index < -0.39 is 5.82 Å². The van der Waals surface area contributed by atoms with Crippen molar-refractivity contribution in [3.63, 3.8) is 0 Å². The van der Waals surface area contributed by atoms with Crippen molar-refractivity contribution in [1.29, 1.82) is 0 Å². The molecule has 2 amide bonds. The highest BCUT2D eigenvalue weighted by Crippen LogP contribution is 2.38. The summed E-state index contributed by atoms with van der Waals surface area (Å²) in [6, 6.07) is 8.25. The number of fused-ring (bicyclic) bond motifs is 2. The van der Waals surface area contributed by atoms with E-state index >= 15 is 0 Å². The van der Waals surface area contributed by atoms with Gasteiger partial charge in [0.05, 0.1) is 17.1 Å². The van der Waals surface area contributed by atoms with Gasteiger partial charge in [0.15, 0.2) is 11.5 Å². The van der Waals surface area contributed by atoms with Gasteiger partial charge in [0.25, 0.3) is 0 Å². The summed E-state index contributed by atoms with van der Waals surface area (Å²) in [7, 11) is 0. The molecule has 0 saturated carbocycles. The highest BCUT2D eigenvalue weighted by Gasteiger charge is 2.25. The summed E-state index contributed by atoms with van der Waals surface area (Å²) in [6.07, 6.45) is 0.877. The molecule has 2 heterocycles. The minimum Gasteiger partial charge on any atom is -0.486 e. The minimum absolute atomic E-state index is 0.0876. The van der Waals surface area contributed by atoms with Gasteiger partial charge in [-0.15, -0.1) is 0 Å². The molecule has 0 atom stereocenters. The second-order valence-corrected chi connectivity index (χ2v) is 9.93. The molecule has 2 aliphatic heterocycles. The quantitative estimate of drug-likeness (QED) is 0.608. The van der Waals surface area contributed by atoms with Crippen molar-refractivity contribution in [2.45, 2.75) is 46.2 Å². The number of halogens is 2. The number of carbonyl (C=O) groups excluding carboxylic acids is 2. The number of hydrogen-bond donors (Lipinski definition) is 0. The first-order valence-electron chi connectivity index (χ1n) is 12.4. The van der Waals surface area contributed by atoms with Gasteiger partial charge in [0.2, 0.25) is 11.8 Å². The molecular weight excluding hydrogens is 485 g/mol. The lowest BCUT2D eigenvalue weighted by Gasteiger charge is -2.30. The second kappa shape index (κ2) is 11.5. The van der Waals surface area contributed by atoms with Crippen molar-refractivity contribution in [2.75, 3.05) is 44.3 Å². The maximum absolute atomic E-state index is 14.3. The number of rotatable bonds is 3. The Morgan fingerprint density at radius 3 is 2.58 bits per heavy atom. The molecule has 0 aliphatic carbocycles. The summed E-state index contributed by atoms with van der Waals surface area (Å²) in [5.41, 5.74) is 1.98. The Kier molecular flexibility index (Phi) is 8.36. The molecule has 2 aromatic rings. The smallest absolute Gasteiger partial charge is 0.227 e. The third kappa shape index (κ3) is 6.10. The van der Waals surface area contributed by atoms with Crippen LogP contribution >= 0.6 is 11.6 Å². The molecule has 2 aliphatic rings. The summed E-state index contributed by atoms with van der Waals surface area (Å²) >= 11 is 6.39. The van der Waals surface area contributed by atoms with Crippen molar-refractivity contribution in [2.24, 2.45) is 0 Å². The number of hydrogen-bond acceptors (Lipinski definition) is 5. The molecule has 0 saturated heterocycles. The number of benzene rings is 2. The molecule has 7 nitrogen and oxygen atoms in total. The lowest BCUT2D eigenvalue weighted by Crippen LogP contribution is -2.41. The number of carbonyl (C=O) groups is 2. The van der Waals surface area contributed by atoms with Crippen LogP contribution in [0.2, 0.25) is 5.02 Å². The maximum Gasteiger partial charge on any atom is 0.227 e. The molecule has 0 radical (unpaired) electrons. The van der Waals surface area contributed by atoms with Gasteiger partial charge in [0.1, 0.15) is 19.0 Å². The van der Waals surface area contributed by atoms with E-state index in [0.717, 1.165) is 24.1 Å². The first kappa shape index (κ1) is 26.2. The average Bonchev–Trinajstić information content (AvgIpc) is 2.86. The molecule has 194 valence electrons. The Bertz CT molecular complexity index is 1130. The predicted molar refractivity (Wildman–Crippen MR) is 137 cm³/mol. The number of nitrogens with zero attached hydrogens (tertiary/aromatic N) is 3. The van der Waals surface area contributed by atoms with E-state index in [9.17, 15) is 14.0 Å². The topological polar surface area (TPSA) is 62.3 Å². The number of amides is 2. The maximum atomic E-state index is 14.3. The molecule has 0 N–H and O–H groups in total. The molecule has 0 fully saturated rings. The van der Waals surface area contributed by atoms with E-state index in [1.165, 1.54) is 19.1 Å². The fourth-order valence-electron chi connectivity index (χ4n) is 4.73. The van der Waals surface area contributed by atoms with Crippen molar-refractivity contribution in [3.8, 4) is 11.5 Å². The number of ether oxygens (including phenoxy) is 2. The molecule has 9 heteroatoms. The van der Waals surface area contributed by atoms with Gasteiger partial charge in [-0.3, -0.25) is 14.5 Å². The Labute approximate surface area is 216 Å². The summed E-state index contributed by atoms with van der Waals surface area (Å²) < 4.78 is 25.5. The lowest BCUT2D eigenvalue weighted by atomic mass is 10.1. The Morgan fingerprint density at radius 1 is 1.06 bits per heavy atom. The van der Waals surface area contributed by atoms with E-state index in [0.29, 0.717) is 55.1 Å². The van der Waals surface area contributed by atoms with Crippen LogP contribution in [0.1, 0.15) is 38.3 Å². The lowest BCUT2D eigenvalue weighted by molar-refractivity contribution is -0.131. The number of anilines is 1.